The third kappa shape index (κ3) is 4.87. The molecule has 28 heavy (non-hydrogen) atoms. The summed E-state index contributed by atoms with van der Waals surface area (Å²) >= 11 is 1.07. The van der Waals surface area contributed by atoms with E-state index in [1.165, 1.54) is 0 Å². The van der Waals surface area contributed by atoms with E-state index in [0.717, 1.165) is 22.3 Å². The summed E-state index contributed by atoms with van der Waals surface area (Å²) in [5, 5.41) is 2.28. The van der Waals surface area contributed by atoms with Crippen molar-refractivity contribution >= 4 is 43.9 Å². The summed E-state index contributed by atoms with van der Waals surface area (Å²) in [6, 6.07) is -1.21. The van der Waals surface area contributed by atoms with Gasteiger partial charge in [-0.2, -0.15) is 8.42 Å². The number of thioether (sulfide) groups is 1. The van der Waals surface area contributed by atoms with E-state index in [4.69, 9.17) is 15.1 Å². The molecule has 16 heteroatoms. The maximum Gasteiger partial charge on any atom is 0.362 e. The van der Waals surface area contributed by atoms with Crippen molar-refractivity contribution in [3.8, 4) is 0 Å². The standard InChI is InChI=1S/C12H21N5O8S3/c1-6(2)25-15-9(8-5-26-12(13)17(8)27(3,20)21)10(18)14-7-4-16(11(7)19)28(22,23)24/h6-7,12,15H,4-5,13H2,1-3H3,(H,14,18)(H,22,23,24). The van der Waals surface area contributed by atoms with Gasteiger partial charge >= 0.3 is 10.3 Å². The minimum Gasteiger partial charge on any atom is -0.337 e. The van der Waals surface area contributed by atoms with Crippen LogP contribution in [0.3, 0.4) is 0 Å². The first-order chi connectivity index (χ1) is 12.7. The van der Waals surface area contributed by atoms with E-state index >= 15 is 0 Å². The molecule has 2 atom stereocenters. The minimum atomic E-state index is -4.70. The zero-order valence-electron chi connectivity index (χ0n) is 15.1. The normalized spacial score (nSPS) is 25.0. The number of nitrogens with one attached hydrogen (secondary N) is 2. The molecule has 2 unspecified atom stereocenters. The van der Waals surface area contributed by atoms with Crippen LogP contribution in [0.4, 0.5) is 0 Å². The second kappa shape index (κ2) is 8.03. The first kappa shape index (κ1) is 22.7. The highest BCUT2D eigenvalue weighted by atomic mass is 32.2. The first-order valence-corrected chi connectivity index (χ1v) is 12.1. The number of carbonyl (C=O) groups excluding carboxylic acids is 2. The van der Waals surface area contributed by atoms with Crippen LogP contribution in [0.5, 0.6) is 0 Å². The van der Waals surface area contributed by atoms with Gasteiger partial charge in [0.25, 0.3) is 11.8 Å². The van der Waals surface area contributed by atoms with Crippen molar-refractivity contribution in [2.24, 2.45) is 5.73 Å². The quantitative estimate of drug-likeness (QED) is 0.136. The van der Waals surface area contributed by atoms with Gasteiger partial charge in [-0.15, -0.1) is 11.8 Å². The molecule has 2 aliphatic heterocycles. The number of carbonyl (C=O) groups is 2. The Morgan fingerprint density at radius 3 is 2.43 bits per heavy atom. The van der Waals surface area contributed by atoms with E-state index in [1.807, 2.05) is 0 Å². The van der Waals surface area contributed by atoms with Crippen LogP contribution in [0.1, 0.15) is 13.8 Å². The summed E-state index contributed by atoms with van der Waals surface area (Å²) < 4.78 is 56.0. The molecule has 0 aromatic rings. The highest BCUT2D eigenvalue weighted by Crippen LogP contribution is 2.32. The van der Waals surface area contributed by atoms with Crippen LogP contribution in [0.25, 0.3) is 0 Å². The summed E-state index contributed by atoms with van der Waals surface area (Å²) in [7, 11) is -8.51. The van der Waals surface area contributed by atoms with Crippen LogP contribution in [0.2, 0.25) is 0 Å². The molecular weight excluding hydrogens is 438 g/mol. The molecule has 0 spiro atoms. The van der Waals surface area contributed by atoms with Crippen LogP contribution >= 0.6 is 11.8 Å². The SMILES string of the molecule is CC(C)ONC(C(=O)NC1CN(S(=O)(=O)O)C1=O)=C1CSC(N)N1S(C)(=O)=O. The highest BCUT2D eigenvalue weighted by Gasteiger charge is 2.45. The Morgan fingerprint density at radius 2 is 1.96 bits per heavy atom. The lowest BCUT2D eigenvalue weighted by Crippen LogP contribution is -2.65. The zero-order chi connectivity index (χ0) is 21.4. The number of hydroxylamine groups is 1. The molecule has 2 heterocycles. The van der Waals surface area contributed by atoms with Crippen LogP contribution in [-0.4, -0.2) is 78.0 Å². The number of amides is 2. The van der Waals surface area contributed by atoms with Gasteiger partial charge in [0, 0.05) is 5.75 Å². The molecule has 0 radical (unpaired) electrons. The minimum absolute atomic E-state index is 0.0246. The largest absolute Gasteiger partial charge is 0.362 e. The van der Waals surface area contributed by atoms with Crippen molar-refractivity contribution in [2.45, 2.75) is 31.5 Å². The van der Waals surface area contributed by atoms with E-state index in [-0.39, 0.29) is 27.6 Å². The summed E-state index contributed by atoms with van der Waals surface area (Å²) in [4.78, 5) is 29.7. The Kier molecular flexibility index (Phi) is 6.51. The summed E-state index contributed by atoms with van der Waals surface area (Å²) in [5.74, 6) is -1.85. The van der Waals surface area contributed by atoms with Gasteiger partial charge in [-0.25, -0.2) is 17.0 Å². The topological polar surface area (TPSA) is 188 Å². The molecule has 13 nitrogen and oxygen atoms in total. The third-order valence-electron chi connectivity index (χ3n) is 3.63. The van der Waals surface area contributed by atoms with Gasteiger partial charge in [0.05, 0.1) is 24.6 Å². The summed E-state index contributed by atoms with van der Waals surface area (Å²) in [6.45, 7) is 2.87. The van der Waals surface area contributed by atoms with Crippen molar-refractivity contribution in [1.29, 1.82) is 0 Å². The van der Waals surface area contributed by atoms with Gasteiger partial charge in [0.1, 0.15) is 17.2 Å². The molecule has 5 N–H and O–H groups in total. The Balaban J connectivity index is 2.29. The van der Waals surface area contributed by atoms with Crippen molar-refractivity contribution in [1.82, 2.24) is 19.4 Å². The Morgan fingerprint density at radius 1 is 1.36 bits per heavy atom. The molecule has 2 saturated heterocycles. The van der Waals surface area contributed by atoms with Crippen molar-refractivity contribution in [2.75, 3.05) is 18.6 Å². The molecular formula is C12H21N5O8S3. The van der Waals surface area contributed by atoms with Gasteiger partial charge < -0.3 is 11.1 Å². The van der Waals surface area contributed by atoms with Crippen molar-refractivity contribution in [3.05, 3.63) is 11.4 Å². The molecule has 0 aliphatic carbocycles. The number of rotatable bonds is 7. The zero-order valence-corrected chi connectivity index (χ0v) is 17.6. The number of sulfonamides is 1. The Hall–Kier alpha value is -1.59. The smallest absolute Gasteiger partial charge is 0.337 e. The highest BCUT2D eigenvalue weighted by molar-refractivity contribution is 8.01. The van der Waals surface area contributed by atoms with Crippen molar-refractivity contribution < 1.29 is 35.8 Å². The van der Waals surface area contributed by atoms with Crippen LogP contribution in [-0.2, 0) is 34.8 Å². The molecule has 0 aromatic carbocycles. The number of hydrogen-bond acceptors (Lipinski definition) is 10. The number of nitrogens with zero attached hydrogens (tertiary/aromatic N) is 2. The van der Waals surface area contributed by atoms with Gasteiger partial charge in [-0.1, -0.05) is 0 Å². The Bertz CT molecular complexity index is 900. The maximum absolute atomic E-state index is 12.7. The fraction of sp³-hybridized carbons (Fsp3) is 0.667. The average molecular weight is 460 g/mol. The van der Waals surface area contributed by atoms with E-state index < -0.39 is 50.2 Å². The van der Waals surface area contributed by atoms with E-state index in [1.54, 1.807) is 13.8 Å². The van der Waals surface area contributed by atoms with Crippen LogP contribution in [0, 0.1) is 0 Å². The van der Waals surface area contributed by atoms with Crippen molar-refractivity contribution in [3.63, 3.8) is 0 Å². The van der Waals surface area contributed by atoms with E-state index in [9.17, 15) is 26.4 Å². The fourth-order valence-corrected chi connectivity index (χ4v) is 5.61. The monoisotopic (exact) mass is 459 g/mol. The lowest BCUT2D eigenvalue weighted by Gasteiger charge is -2.35. The predicted octanol–water partition coefficient (Wildman–Crippen LogP) is -2.49. The predicted molar refractivity (Wildman–Crippen MR) is 98.7 cm³/mol. The van der Waals surface area contributed by atoms with Gasteiger partial charge in [-0.3, -0.25) is 24.5 Å². The molecule has 0 aromatic heterocycles. The van der Waals surface area contributed by atoms with Crippen LogP contribution < -0.4 is 16.5 Å². The molecule has 0 bridgehead atoms. The van der Waals surface area contributed by atoms with Gasteiger partial charge in [0.2, 0.25) is 10.0 Å². The second-order valence-corrected chi connectivity index (χ2v) is 10.5. The lowest BCUT2D eigenvalue weighted by molar-refractivity contribution is -0.140. The van der Waals surface area contributed by atoms with Gasteiger partial charge in [0.15, 0.2) is 0 Å². The first-order valence-electron chi connectivity index (χ1n) is 7.84. The molecule has 0 saturated carbocycles. The van der Waals surface area contributed by atoms with E-state index in [0.29, 0.717) is 0 Å². The molecule has 160 valence electrons. The molecule has 2 fully saturated rings. The lowest BCUT2D eigenvalue weighted by atomic mass is 10.1. The number of hydrogen-bond donors (Lipinski definition) is 4. The number of β-lactam (4-membered cyclic amide) rings is 1. The fourth-order valence-electron chi connectivity index (χ4n) is 2.37. The second-order valence-electron chi connectivity index (χ2n) is 6.22. The van der Waals surface area contributed by atoms with Gasteiger partial charge in [-0.05, 0) is 13.8 Å². The number of nitrogens with two attached hydrogens (primary N) is 1. The molecule has 2 amide bonds. The summed E-state index contributed by atoms with van der Waals surface area (Å²) in [5.41, 5.74) is 6.98. The molecule has 2 rings (SSSR count). The van der Waals surface area contributed by atoms with E-state index in [2.05, 4.69) is 10.8 Å². The maximum atomic E-state index is 12.7. The van der Waals surface area contributed by atoms with Crippen LogP contribution in [0.15, 0.2) is 11.4 Å². The summed E-state index contributed by atoms with van der Waals surface area (Å²) in [6.07, 6.45) is 0.551. The average Bonchev–Trinajstić information content (AvgIpc) is 2.91. The third-order valence-corrected chi connectivity index (χ3v) is 6.81. The molecule has 2 aliphatic rings. The Labute approximate surface area is 166 Å².